The van der Waals surface area contributed by atoms with Gasteiger partial charge in [-0.3, -0.25) is 0 Å². The highest BCUT2D eigenvalue weighted by Gasteiger charge is 2.32. The van der Waals surface area contributed by atoms with E-state index >= 15 is 0 Å². The molecule has 1 aliphatic rings. The second-order valence-corrected chi connectivity index (χ2v) is 7.17. The first-order valence-electron chi connectivity index (χ1n) is 7.47. The van der Waals surface area contributed by atoms with Crippen molar-refractivity contribution >= 4 is 40.8 Å². The average molecular weight is 394 g/mol. The minimum Gasteiger partial charge on any atom is -0.476 e. The number of aromatic nitrogens is 2. The molecule has 4 rings (SSSR count). The van der Waals surface area contributed by atoms with Crippen molar-refractivity contribution in [3.05, 3.63) is 67.8 Å². The Labute approximate surface area is 158 Å². The van der Waals surface area contributed by atoms with Crippen LogP contribution >= 0.6 is 34.8 Å². The lowest BCUT2D eigenvalue weighted by Gasteiger charge is -2.11. The highest BCUT2D eigenvalue weighted by atomic mass is 35.5. The quantitative estimate of drug-likeness (QED) is 0.495. The van der Waals surface area contributed by atoms with Gasteiger partial charge in [-0.1, -0.05) is 34.8 Å². The van der Waals surface area contributed by atoms with Crippen LogP contribution in [0.25, 0.3) is 16.9 Å². The minimum atomic E-state index is -1.07. The monoisotopic (exact) mass is 392 g/mol. The number of carbonyl (C=O) groups is 1. The number of hydrogen-bond donors (Lipinski definition) is 1. The zero-order valence-electron chi connectivity index (χ0n) is 13.0. The SMILES string of the molecule is Cc1cc2c(cc1Cl)Cc1c(C(=O)O)nn(-c3ccc(Cl)cc3Cl)c1-2. The number of carboxylic acids is 1. The Hall–Kier alpha value is -2.01. The molecular formula is C18H11Cl3N2O2. The van der Waals surface area contributed by atoms with Crippen molar-refractivity contribution in [2.24, 2.45) is 0 Å². The summed E-state index contributed by atoms with van der Waals surface area (Å²) < 4.78 is 1.58. The van der Waals surface area contributed by atoms with Crippen molar-refractivity contribution in [3.8, 4) is 16.9 Å². The molecule has 3 aromatic rings. The summed E-state index contributed by atoms with van der Waals surface area (Å²) in [6.07, 6.45) is 0.470. The Morgan fingerprint density at radius 2 is 1.92 bits per heavy atom. The van der Waals surface area contributed by atoms with Crippen LogP contribution in [-0.4, -0.2) is 20.9 Å². The number of rotatable bonds is 2. The highest BCUT2D eigenvalue weighted by molar-refractivity contribution is 6.35. The summed E-state index contributed by atoms with van der Waals surface area (Å²) in [7, 11) is 0. The third-order valence-corrected chi connectivity index (χ3v) is 5.28. The number of aryl methyl sites for hydroxylation is 1. The molecule has 4 nitrogen and oxygen atoms in total. The van der Waals surface area contributed by atoms with Crippen molar-refractivity contribution in [2.75, 3.05) is 0 Å². The van der Waals surface area contributed by atoms with Gasteiger partial charge in [-0.05, 0) is 48.4 Å². The fraction of sp³-hybridized carbons (Fsp3) is 0.111. The maximum absolute atomic E-state index is 11.7. The zero-order valence-corrected chi connectivity index (χ0v) is 15.2. The lowest BCUT2D eigenvalue weighted by Crippen LogP contribution is -2.04. The Kier molecular flexibility index (Phi) is 3.80. The zero-order chi connectivity index (χ0) is 17.9. The van der Waals surface area contributed by atoms with Crippen molar-refractivity contribution in [3.63, 3.8) is 0 Å². The van der Waals surface area contributed by atoms with Gasteiger partial charge in [-0.15, -0.1) is 0 Å². The molecule has 0 aliphatic heterocycles. The van der Waals surface area contributed by atoms with Gasteiger partial charge in [0.2, 0.25) is 0 Å². The number of halogens is 3. The van der Waals surface area contributed by atoms with Crippen molar-refractivity contribution < 1.29 is 9.90 Å². The molecule has 2 aromatic carbocycles. The van der Waals surface area contributed by atoms with Gasteiger partial charge in [0, 0.05) is 27.6 Å². The van der Waals surface area contributed by atoms with E-state index in [0.29, 0.717) is 32.7 Å². The number of aromatic carboxylic acids is 1. The molecule has 0 saturated heterocycles. The number of carboxylic acid groups (broad SMARTS) is 1. The van der Waals surface area contributed by atoms with Gasteiger partial charge in [-0.25, -0.2) is 9.48 Å². The second kappa shape index (κ2) is 5.77. The number of hydrogen-bond acceptors (Lipinski definition) is 2. The number of benzene rings is 2. The normalized spacial score (nSPS) is 12.2. The third-order valence-electron chi connectivity index (χ3n) is 4.33. The first-order valence-corrected chi connectivity index (χ1v) is 8.60. The second-order valence-electron chi connectivity index (χ2n) is 5.92. The van der Waals surface area contributed by atoms with Gasteiger partial charge >= 0.3 is 5.97 Å². The fourth-order valence-electron chi connectivity index (χ4n) is 3.17. The molecule has 1 aromatic heterocycles. The van der Waals surface area contributed by atoms with E-state index < -0.39 is 5.97 Å². The molecule has 0 saturated carbocycles. The van der Waals surface area contributed by atoms with E-state index in [4.69, 9.17) is 34.8 Å². The average Bonchev–Trinajstić information content (AvgIpc) is 3.05. The fourth-order valence-corrected chi connectivity index (χ4v) is 3.85. The lowest BCUT2D eigenvalue weighted by atomic mass is 10.1. The van der Waals surface area contributed by atoms with E-state index in [1.807, 2.05) is 19.1 Å². The van der Waals surface area contributed by atoms with Crippen LogP contribution in [0.5, 0.6) is 0 Å². The van der Waals surface area contributed by atoms with Crippen molar-refractivity contribution in [1.29, 1.82) is 0 Å². The Morgan fingerprint density at radius 1 is 1.16 bits per heavy atom. The Bertz CT molecular complexity index is 1060. The maximum Gasteiger partial charge on any atom is 0.356 e. The molecule has 0 amide bonds. The summed E-state index contributed by atoms with van der Waals surface area (Å²) in [5.41, 5.74) is 4.81. The van der Waals surface area contributed by atoms with Crippen molar-refractivity contribution in [1.82, 2.24) is 9.78 Å². The summed E-state index contributed by atoms with van der Waals surface area (Å²) >= 11 is 18.5. The van der Waals surface area contributed by atoms with Crippen LogP contribution in [0.4, 0.5) is 0 Å². The topological polar surface area (TPSA) is 55.1 Å². The van der Waals surface area contributed by atoms with Crippen LogP contribution in [0.15, 0.2) is 30.3 Å². The van der Waals surface area contributed by atoms with E-state index in [-0.39, 0.29) is 5.69 Å². The lowest BCUT2D eigenvalue weighted by molar-refractivity contribution is 0.0689. The van der Waals surface area contributed by atoms with Crippen LogP contribution in [-0.2, 0) is 6.42 Å². The van der Waals surface area contributed by atoms with E-state index in [1.165, 1.54) is 0 Å². The van der Waals surface area contributed by atoms with Crippen LogP contribution in [0.3, 0.4) is 0 Å². The van der Waals surface area contributed by atoms with Gasteiger partial charge < -0.3 is 5.11 Å². The summed E-state index contributed by atoms with van der Waals surface area (Å²) in [4.78, 5) is 11.7. The number of fused-ring (bicyclic) bond motifs is 3. The van der Waals surface area contributed by atoms with E-state index in [1.54, 1.807) is 22.9 Å². The molecule has 0 atom stereocenters. The summed E-state index contributed by atoms with van der Waals surface area (Å²) in [5, 5.41) is 15.4. The molecule has 0 radical (unpaired) electrons. The summed E-state index contributed by atoms with van der Waals surface area (Å²) in [6, 6.07) is 8.86. The maximum atomic E-state index is 11.7. The predicted molar refractivity (Wildman–Crippen MR) is 98.5 cm³/mol. The largest absolute Gasteiger partial charge is 0.476 e. The van der Waals surface area contributed by atoms with Crippen LogP contribution in [0.2, 0.25) is 15.1 Å². The number of nitrogens with zero attached hydrogens (tertiary/aromatic N) is 2. The smallest absolute Gasteiger partial charge is 0.356 e. The molecule has 1 heterocycles. The van der Waals surface area contributed by atoms with Gasteiger partial charge in [0.05, 0.1) is 16.4 Å². The summed E-state index contributed by atoms with van der Waals surface area (Å²) in [5.74, 6) is -1.07. The van der Waals surface area contributed by atoms with Gasteiger partial charge in [0.15, 0.2) is 5.69 Å². The Morgan fingerprint density at radius 3 is 2.60 bits per heavy atom. The standard InChI is InChI=1S/C18H11Cl3N2O2/c1-8-4-11-9(6-13(8)20)5-12-16(18(24)25)22-23(17(11)12)15-3-2-10(19)7-14(15)21/h2-4,6-7H,5H2,1H3,(H,24,25). The predicted octanol–water partition coefficient (Wildman–Crippen LogP) is 5.41. The van der Waals surface area contributed by atoms with Gasteiger partial charge in [-0.2, -0.15) is 5.10 Å². The highest BCUT2D eigenvalue weighted by Crippen LogP contribution is 2.42. The molecule has 25 heavy (non-hydrogen) atoms. The summed E-state index contributed by atoms with van der Waals surface area (Å²) in [6.45, 7) is 1.91. The van der Waals surface area contributed by atoms with E-state index in [0.717, 1.165) is 22.4 Å². The molecule has 0 fully saturated rings. The third kappa shape index (κ3) is 2.53. The van der Waals surface area contributed by atoms with Crippen LogP contribution in [0.1, 0.15) is 27.2 Å². The van der Waals surface area contributed by atoms with Crippen molar-refractivity contribution in [2.45, 2.75) is 13.3 Å². The van der Waals surface area contributed by atoms with Crippen LogP contribution in [0, 0.1) is 6.92 Å². The van der Waals surface area contributed by atoms with E-state index in [9.17, 15) is 9.90 Å². The molecule has 126 valence electrons. The molecule has 1 N–H and O–H groups in total. The first-order chi connectivity index (χ1) is 11.9. The molecule has 7 heteroatoms. The molecule has 1 aliphatic carbocycles. The molecule has 0 bridgehead atoms. The van der Waals surface area contributed by atoms with Gasteiger partial charge in [0.25, 0.3) is 0 Å². The minimum absolute atomic E-state index is 0.0194. The van der Waals surface area contributed by atoms with Gasteiger partial charge in [0.1, 0.15) is 0 Å². The Balaban J connectivity index is 2.03. The van der Waals surface area contributed by atoms with Crippen LogP contribution < -0.4 is 0 Å². The first kappa shape index (κ1) is 16.5. The molecule has 0 unspecified atom stereocenters. The molecular weight excluding hydrogens is 383 g/mol. The molecule has 0 spiro atoms. The van der Waals surface area contributed by atoms with E-state index in [2.05, 4.69) is 5.10 Å².